The Morgan fingerprint density at radius 3 is 2.93 bits per heavy atom. The molecule has 0 saturated carbocycles. The third-order valence-electron chi connectivity index (χ3n) is 4.93. The lowest BCUT2D eigenvalue weighted by molar-refractivity contribution is -0.118. The lowest BCUT2D eigenvalue weighted by atomic mass is 10.2. The zero-order valence-electron chi connectivity index (χ0n) is 16.1. The van der Waals surface area contributed by atoms with E-state index >= 15 is 0 Å². The van der Waals surface area contributed by atoms with Crippen LogP contribution in [0.1, 0.15) is 16.9 Å². The van der Waals surface area contributed by atoms with E-state index in [-0.39, 0.29) is 5.91 Å². The predicted octanol–water partition coefficient (Wildman–Crippen LogP) is 3.96. The van der Waals surface area contributed by atoms with E-state index in [1.807, 2.05) is 28.5 Å². The van der Waals surface area contributed by atoms with Crippen LogP contribution in [0.5, 0.6) is 0 Å². The number of ether oxygens (including phenoxy) is 1. The van der Waals surface area contributed by atoms with Gasteiger partial charge in [-0.25, -0.2) is 4.98 Å². The summed E-state index contributed by atoms with van der Waals surface area (Å²) in [7, 11) is 0. The number of thiophene rings is 1. The van der Waals surface area contributed by atoms with E-state index in [0.717, 1.165) is 59.5 Å². The fraction of sp³-hybridized carbons (Fsp3) is 0.429. The molecule has 3 heterocycles. The molecule has 4 rings (SSSR count). The number of rotatable bonds is 7. The number of nitrogens with zero attached hydrogens (tertiary/aromatic N) is 3. The van der Waals surface area contributed by atoms with Crippen molar-refractivity contribution in [3.05, 3.63) is 46.2 Å². The van der Waals surface area contributed by atoms with Crippen molar-refractivity contribution in [2.75, 3.05) is 44.3 Å². The Balaban J connectivity index is 1.50. The standard InChI is InChI=1S/C21H25N3O2S2/c1-16-5-6-18-19(14-16)28-21(22-18)24(20(25)15-17-4-2-13-27-17)8-3-7-23-9-11-26-12-10-23/h2,4-6,13-14H,3,7-12,15H2,1H3. The molecule has 7 heteroatoms. The topological polar surface area (TPSA) is 45.7 Å². The summed E-state index contributed by atoms with van der Waals surface area (Å²) in [6.45, 7) is 7.32. The normalized spacial score (nSPS) is 15.2. The van der Waals surface area contributed by atoms with Crippen molar-refractivity contribution >= 4 is 43.9 Å². The Kier molecular flexibility index (Phi) is 6.36. The summed E-state index contributed by atoms with van der Waals surface area (Å²) in [6, 6.07) is 10.3. The molecule has 1 aliphatic rings. The van der Waals surface area contributed by atoms with Crippen LogP contribution in [-0.2, 0) is 16.0 Å². The summed E-state index contributed by atoms with van der Waals surface area (Å²) in [5, 5.41) is 2.83. The first-order valence-corrected chi connectivity index (χ1v) is 11.4. The first-order chi connectivity index (χ1) is 13.7. The molecule has 1 aliphatic heterocycles. The molecule has 0 bridgehead atoms. The Morgan fingerprint density at radius 1 is 1.29 bits per heavy atom. The second-order valence-corrected chi connectivity index (χ2v) is 9.12. The van der Waals surface area contributed by atoms with Crippen LogP contribution in [0.2, 0.25) is 0 Å². The Hall–Kier alpha value is -1.80. The van der Waals surface area contributed by atoms with E-state index in [4.69, 9.17) is 9.72 Å². The van der Waals surface area contributed by atoms with Crippen LogP contribution < -0.4 is 4.90 Å². The van der Waals surface area contributed by atoms with Crippen LogP contribution in [0.4, 0.5) is 5.13 Å². The molecule has 1 amide bonds. The van der Waals surface area contributed by atoms with Gasteiger partial charge in [0.1, 0.15) is 0 Å². The summed E-state index contributed by atoms with van der Waals surface area (Å²) >= 11 is 3.24. The smallest absolute Gasteiger partial charge is 0.234 e. The highest BCUT2D eigenvalue weighted by molar-refractivity contribution is 7.22. The third-order valence-corrected chi connectivity index (χ3v) is 6.85. The number of hydrogen-bond donors (Lipinski definition) is 0. The number of anilines is 1. The lowest BCUT2D eigenvalue weighted by Gasteiger charge is -2.27. The van der Waals surface area contributed by atoms with Gasteiger partial charge in [0.05, 0.1) is 29.9 Å². The highest BCUT2D eigenvalue weighted by Gasteiger charge is 2.21. The number of hydrogen-bond acceptors (Lipinski definition) is 6. The summed E-state index contributed by atoms with van der Waals surface area (Å²) in [5.41, 5.74) is 2.18. The second kappa shape index (κ2) is 9.13. The van der Waals surface area contributed by atoms with Gasteiger partial charge in [0.25, 0.3) is 0 Å². The van der Waals surface area contributed by atoms with Gasteiger partial charge in [-0.05, 0) is 42.5 Å². The fourth-order valence-electron chi connectivity index (χ4n) is 3.40. The molecular formula is C21H25N3O2S2. The zero-order valence-corrected chi connectivity index (χ0v) is 17.7. The molecular weight excluding hydrogens is 390 g/mol. The molecule has 0 spiro atoms. The molecule has 1 aromatic carbocycles. The van der Waals surface area contributed by atoms with Crippen LogP contribution in [0.15, 0.2) is 35.7 Å². The maximum absolute atomic E-state index is 13.1. The first-order valence-electron chi connectivity index (χ1n) is 9.69. The summed E-state index contributed by atoms with van der Waals surface area (Å²) in [5.74, 6) is 0.125. The van der Waals surface area contributed by atoms with E-state index < -0.39 is 0 Å². The van der Waals surface area contributed by atoms with Crippen molar-refractivity contribution in [1.29, 1.82) is 0 Å². The first kappa shape index (κ1) is 19.5. The average molecular weight is 416 g/mol. The van der Waals surface area contributed by atoms with Crippen LogP contribution >= 0.6 is 22.7 Å². The molecule has 2 aromatic heterocycles. The quantitative estimate of drug-likeness (QED) is 0.586. The molecule has 1 fully saturated rings. The van der Waals surface area contributed by atoms with Crippen molar-refractivity contribution in [2.45, 2.75) is 19.8 Å². The van der Waals surface area contributed by atoms with Crippen molar-refractivity contribution in [3.8, 4) is 0 Å². The van der Waals surface area contributed by atoms with Crippen LogP contribution in [0.3, 0.4) is 0 Å². The van der Waals surface area contributed by atoms with Gasteiger partial charge >= 0.3 is 0 Å². The molecule has 28 heavy (non-hydrogen) atoms. The van der Waals surface area contributed by atoms with Crippen molar-refractivity contribution in [1.82, 2.24) is 9.88 Å². The van der Waals surface area contributed by atoms with Gasteiger partial charge in [-0.15, -0.1) is 11.3 Å². The van der Waals surface area contributed by atoms with Crippen LogP contribution in [0.25, 0.3) is 10.2 Å². The van der Waals surface area contributed by atoms with Crippen molar-refractivity contribution in [2.24, 2.45) is 0 Å². The molecule has 0 aliphatic carbocycles. The minimum Gasteiger partial charge on any atom is -0.379 e. The maximum Gasteiger partial charge on any atom is 0.234 e. The van der Waals surface area contributed by atoms with E-state index in [2.05, 4.69) is 24.0 Å². The van der Waals surface area contributed by atoms with Crippen LogP contribution in [0, 0.1) is 6.92 Å². The number of aromatic nitrogens is 1. The summed E-state index contributed by atoms with van der Waals surface area (Å²) in [6.07, 6.45) is 1.37. The number of carbonyl (C=O) groups is 1. The van der Waals surface area contributed by atoms with Crippen molar-refractivity contribution < 1.29 is 9.53 Å². The minimum absolute atomic E-state index is 0.125. The van der Waals surface area contributed by atoms with Gasteiger partial charge in [0.15, 0.2) is 5.13 Å². The van der Waals surface area contributed by atoms with Crippen molar-refractivity contribution in [3.63, 3.8) is 0 Å². The second-order valence-electron chi connectivity index (χ2n) is 7.08. The molecule has 0 atom stereocenters. The molecule has 0 N–H and O–H groups in total. The van der Waals surface area contributed by atoms with E-state index in [1.54, 1.807) is 22.7 Å². The molecule has 0 unspecified atom stereocenters. The van der Waals surface area contributed by atoms with E-state index in [1.165, 1.54) is 5.56 Å². The van der Waals surface area contributed by atoms with Gasteiger partial charge < -0.3 is 4.74 Å². The zero-order chi connectivity index (χ0) is 19.3. The van der Waals surface area contributed by atoms with Gasteiger partial charge in [-0.3, -0.25) is 14.6 Å². The molecule has 0 radical (unpaired) electrons. The number of morpholine rings is 1. The Morgan fingerprint density at radius 2 is 2.14 bits per heavy atom. The predicted molar refractivity (Wildman–Crippen MR) is 117 cm³/mol. The monoisotopic (exact) mass is 415 g/mol. The van der Waals surface area contributed by atoms with Gasteiger partial charge in [0, 0.05) is 31.1 Å². The highest BCUT2D eigenvalue weighted by Crippen LogP contribution is 2.30. The maximum atomic E-state index is 13.1. The number of benzene rings is 1. The molecule has 3 aromatic rings. The van der Waals surface area contributed by atoms with Gasteiger partial charge in [-0.1, -0.05) is 23.5 Å². The highest BCUT2D eigenvalue weighted by atomic mass is 32.1. The fourth-order valence-corrected chi connectivity index (χ4v) is 5.20. The Labute approximate surface area is 173 Å². The average Bonchev–Trinajstić information content (AvgIpc) is 3.35. The number of amides is 1. The largest absolute Gasteiger partial charge is 0.379 e. The summed E-state index contributed by atoms with van der Waals surface area (Å²) < 4.78 is 6.56. The van der Waals surface area contributed by atoms with Gasteiger partial charge in [0.2, 0.25) is 5.91 Å². The summed E-state index contributed by atoms with van der Waals surface area (Å²) in [4.78, 5) is 23.3. The van der Waals surface area contributed by atoms with E-state index in [0.29, 0.717) is 13.0 Å². The molecule has 5 nitrogen and oxygen atoms in total. The molecule has 1 saturated heterocycles. The third kappa shape index (κ3) is 4.78. The number of thiazole rings is 1. The van der Waals surface area contributed by atoms with Gasteiger partial charge in [-0.2, -0.15) is 0 Å². The number of carbonyl (C=O) groups excluding carboxylic acids is 1. The SMILES string of the molecule is Cc1ccc2nc(N(CCCN3CCOCC3)C(=O)Cc3cccs3)sc2c1. The van der Waals surface area contributed by atoms with Crippen LogP contribution in [-0.4, -0.2) is 55.2 Å². The lowest BCUT2D eigenvalue weighted by Crippen LogP contribution is -2.39. The number of fused-ring (bicyclic) bond motifs is 1. The van der Waals surface area contributed by atoms with E-state index in [9.17, 15) is 4.79 Å². The Bertz CT molecular complexity index is 917. The minimum atomic E-state index is 0.125. The molecule has 148 valence electrons. The number of aryl methyl sites for hydroxylation is 1.